The van der Waals surface area contributed by atoms with E-state index in [1.54, 1.807) is 30.5 Å². The van der Waals surface area contributed by atoms with Gasteiger partial charge < -0.3 is 5.11 Å². The van der Waals surface area contributed by atoms with E-state index in [1.807, 2.05) is 30.3 Å². The van der Waals surface area contributed by atoms with Gasteiger partial charge in [0.25, 0.3) is 10.0 Å². The minimum Gasteiger partial charge on any atom is -0.506 e. The Labute approximate surface area is 222 Å². The fourth-order valence-electron chi connectivity index (χ4n) is 3.87. The van der Waals surface area contributed by atoms with Crippen molar-refractivity contribution in [1.82, 2.24) is 4.98 Å². The van der Waals surface area contributed by atoms with Gasteiger partial charge in [-0.05, 0) is 36.4 Å². The lowest BCUT2D eigenvalue weighted by Gasteiger charge is -2.16. The molecule has 0 bridgehead atoms. The molecule has 0 radical (unpaired) electrons. The first-order chi connectivity index (χ1) is 17.5. The molecule has 5 rings (SSSR count). The lowest BCUT2D eigenvalue weighted by molar-refractivity contribution is -0.138. The van der Waals surface area contributed by atoms with Gasteiger partial charge in [-0.15, -0.1) is 0 Å². The number of para-hydroxylation sites is 1. The van der Waals surface area contributed by atoms with Crippen LogP contribution in [0.5, 0.6) is 5.75 Å². The lowest BCUT2D eigenvalue weighted by Crippen LogP contribution is -2.15. The maximum Gasteiger partial charge on any atom is 0.417 e. The Morgan fingerprint density at radius 2 is 1.62 bits per heavy atom. The van der Waals surface area contributed by atoms with E-state index in [0.717, 1.165) is 22.4 Å². The van der Waals surface area contributed by atoms with Crippen LogP contribution in [0.4, 0.5) is 18.9 Å². The highest BCUT2D eigenvalue weighted by Gasteiger charge is 2.34. The number of sulfonamides is 1. The van der Waals surface area contributed by atoms with Crippen molar-refractivity contribution < 1.29 is 26.7 Å². The largest absolute Gasteiger partial charge is 0.506 e. The number of anilines is 1. The van der Waals surface area contributed by atoms with Crippen LogP contribution in [-0.2, 0) is 16.2 Å². The van der Waals surface area contributed by atoms with E-state index < -0.39 is 26.7 Å². The Hall–Kier alpha value is -3.28. The molecule has 0 aliphatic carbocycles. The molecule has 4 aromatic carbocycles. The molecule has 0 saturated heterocycles. The van der Waals surface area contributed by atoms with Crippen LogP contribution in [0.3, 0.4) is 0 Å². The van der Waals surface area contributed by atoms with E-state index in [4.69, 9.17) is 0 Å². The van der Waals surface area contributed by atoms with Crippen molar-refractivity contribution in [3.8, 4) is 5.75 Å². The summed E-state index contributed by atoms with van der Waals surface area (Å²) in [7, 11) is -4.42. The molecule has 5 nitrogen and oxygen atoms in total. The van der Waals surface area contributed by atoms with Crippen LogP contribution in [0, 0.1) is 0 Å². The number of phenols is 1. The van der Waals surface area contributed by atoms with E-state index >= 15 is 0 Å². The second kappa shape index (κ2) is 9.55. The van der Waals surface area contributed by atoms with E-state index in [-0.39, 0.29) is 15.9 Å². The molecule has 0 aliphatic rings. The summed E-state index contributed by atoms with van der Waals surface area (Å²) in [5.41, 5.74) is -0.287. The van der Waals surface area contributed by atoms with Crippen molar-refractivity contribution in [2.75, 3.05) is 4.72 Å². The van der Waals surface area contributed by atoms with Crippen LogP contribution in [0.25, 0.3) is 21.7 Å². The zero-order chi connectivity index (χ0) is 26.4. The molecule has 0 atom stereocenters. The molecule has 11 heteroatoms. The summed E-state index contributed by atoms with van der Waals surface area (Å²) in [5.74, 6) is -0.0560. The molecule has 37 heavy (non-hydrogen) atoms. The predicted octanol–water partition coefficient (Wildman–Crippen LogP) is 7.83. The predicted molar refractivity (Wildman–Crippen MR) is 141 cm³/mol. The highest BCUT2D eigenvalue weighted by molar-refractivity contribution is 9.10. The summed E-state index contributed by atoms with van der Waals surface area (Å²) < 4.78 is 68.7. The van der Waals surface area contributed by atoms with Gasteiger partial charge in [0, 0.05) is 31.7 Å². The van der Waals surface area contributed by atoms with Gasteiger partial charge in [0.2, 0.25) is 0 Å². The van der Waals surface area contributed by atoms with Crippen molar-refractivity contribution >= 4 is 65.1 Å². The standard InChI is InChI=1S/C26H16BrF3N2O3S2/c27-20-11-10-16(13-19(20)26(28,29)30)37(34,35)32-21-14-23(25(33)18-8-2-1-7-17(18)21)36-22-9-3-5-15-6-4-12-31-24(15)22/h1-14,32-33H. The zero-order valence-corrected chi connectivity index (χ0v) is 21.8. The van der Waals surface area contributed by atoms with Crippen molar-refractivity contribution in [3.63, 3.8) is 0 Å². The van der Waals surface area contributed by atoms with Crippen molar-refractivity contribution in [2.45, 2.75) is 20.9 Å². The van der Waals surface area contributed by atoms with Crippen LogP contribution < -0.4 is 4.72 Å². The quantitative estimate of drug-likeness (QED) is 0.200. The molecule has 0 unspecified atom stereocenters. The van der Waals surface area contributed by atoms with E-state index in [2.05, 4.69) is 25.6 Å². The molecule has 0 amide bonds. The minimum atomic E-state index is -4.74. The smallest absolute Gasteiger partial charge is 0.417 e. The molecular weight excluding hydrogens is 589 g/mol. The number of pyridine rings is 1. The van der Waals surface area contributed by atoms with Crippen LogP contribution in [-0.4, -0.2) is 18.5 Å². The Bertz CT molecular complexity index is 1770. The number of nitrogens with one attached hydrogen (secondary N) is 1. The number of aromatic hydroxyl groups is 1. The van der Waals surface area contributed by atoms with Gasteiger partial charge in [-0.1, -0.05) is 70.2 Å². The Balaban J connectivity index is 1.61. The number of aromatic nitrogens is 1. The first kappa shape index (κ1) is 25.4. The number of phenolic OH excluding ortho intramolecular Hbond substituents is 1. The molecule has 1 aromatic heterocycles. The summed E-state index contributed by atoms with van der Waals surface area (Å²) in [6, 6.07) is 20.1. The van der Waals surface area contributed by atoms with Crippen LogP contribution in [0.15, 0.2) is 104 Å². The average Bonchev–Trinajstić information content (AvgIpc) is 2.86. The number of alkyl halides is 3. The molecule has 0 aliphatic heterocycles. The molecule has 188 valence electrons. The van der Waals surface area contributed by atoms with Gasteiger partial charge in [-0.3, -0.25) is 9.71 Å². The van der Waals surface area contributed by atoms with Crippen LogP contribution in [0.2, 0.25) is 0 Å². The maximum absolute atomic E-state index is 13.4. The lowest BCUT2D eigenvalue weighted by atomic mass is 10.1. The van der Waals surface area contributed by atoms with Crippen LogP contribution >= 0.6 is 27.7 Å². The topological polar surface area (TPSA) is 79.3 Å². The van der Waals surface area contributed by atoms with Gasteiger partial charge in [0.15, 0.2) is 0 Å². The second-order valence-corrected chi connectivity index (χ2v) is 11.6. The first-order valence-electron chi connectivity index (χ1n) is 10.7. The summed E-state index contributed by atoms with van der Waals surface area (Å²) in [5, 5.41) is 12.7. The molecule has 2 N–H and O–H groups in total. The van der Waals surface area contributed by atoms with E-state index in [9.17, 15) is 26.7 Å². The molecule has 0 fully saturated rings. The van der Waals surface area contributed by atoms with E-state index in [0.29, 0.717) is 27.3 Å². The summed E-state index contributed by atoms with van der Waals surface area (Å²) in [6.07, 6.45) is -3.09. The van der Waals surface area contributed by atoms with Gasteiger partial charge in [0.1, 0.15) is 5.75 Å². The highest BCUT2D eigenvalue weighted by Crippen LogP contribution is 2.44. The third-order valence-corrected chi connectivity index (χ3v) is 8.73. The fourth-order valence-corrected chi connectivity index (χ4v) is 6.47. The number of hydrogen-bond donors (Lipinski definition) is 2. The Kier molecular flexibility index (Phi) is 6.55. The number of fused-ring (bicyclic) bond motifs is 2. The van der Waals surface area contributed by atoms with Crippen molar-refractivity contribution in [3.05, 3.63) is 95.1 Å². The number of hydrogen-bond acceptors (Lipinski definition) is 5. The number of halogens is 4. The Morgan fingerprint density at radius 1 is 0.892 bits per heavy atom. The number of rotatable bonds is 5. The molecule has 5 aromatic rings. The average molecular weight is 605 g/mol. The van der Waals surface area contributed by atoms with Gasteiger partial charge in [0.05, 0.1) is 26.6 Å². The molecule has 1 heterocycles. The zero-order valence-electron chi connectivity index (χ0n) is 18.6. The third kappa shape index (κ3) is 4.98. The molecule has 0 saturated carbocycles. The molecular formula is C26H16BrF3N2O3S2. The SMILES string of the molecule is O=S(=O)(Nc1cc(Sc2cccc3cccnc23)c(O)c2ccccc12)c1ccc(Br)c(C(F)(F)F)c1. The monoisotopic (exact) mass is 604 g/mol. The fraction of sp³-hybridized carbons (Fsp3) is 0.0385. The summed E-state index contributed by atoms with van der Waals surface area (Å²) in [4.78, 5) is 4.95. The van der Waals surface area contributed by atoms with Crippen molar-refractivity contribution in [1.29, 1.82) is 0 Å². The normalized spacial score (nSPS) is 12.2. The second-order valence-electron chi connectivity index (χ2n) is 7.99. The molecule has 0 spiro atoms. The van der Waals surface area contributed by atoms with Crippen molar-refractivity contribution in [2.24, 2.45) is 0 Å². The van der Waals surface area contributed by atoms with Gasteiger partial charge >= 0.3 is 6.18 Å². The Morgan fingerprint density at radius 3 is 2.38 bits per heavy atom. The first-order valence-corrected chi connectivity index (χ1v) is 13.8. The summed E-state index contributed by atoms with van der Waals surface area (Å²) in [6.45, 7) is 0. The minimum absolute atomic E-state index is 0.0560. The van der Waals surface area contributed by atoms with E-state index in [1.165, 1.54) is 17.8 Å². The maximum atomic E-state index is 13.4. The number of benzene rings is 4. The third-order valence-electron chi connectivity index (χ3n) is 5.59. The van der Waals surface area contributed by atoms with Gasteiger partial charge in [-0.25, -0.2) is 8.42 Å². The highest BCUT2D eigenvalue weighted by atomic mass is 79.9. The number of nitrogens with zero attached hydrogens (tertiary/aromatic N) is 1. The van der Waals surface area contributed by atoms with Crippen LogP contribution in [0.1, 0.15) is 5.56 Å². The summed E-state index contributed by atoms with van der Waals surface area (Å²) >= 11 is 4.03. The van der Waals surface area contributed by atoms with Gasteiger partial charge in [-0.2, -0.15) is 13.2 Å².